The van der Waals surface area contributed by atoms with E-state index in [1.165, 1.54) is 56.3 Å². The molecular formula is C23H20F3N5O4. The minimum Gasteiger partial charge on any atom is -0.497 e. The number of aromatic nitrogens is 3. The first-order chi connectivity index (χ1) is 16.7. The third kappa shape index (κ3) is 5.65. The first kappa shape index (κ1) is 23.9. The second-order valence-electron chi connectivity index (χ2n) is 7.79. The fourth-order valence-electron chi connectivity index (χ4n) is 3.23. The first-order valence-electron chi connectivity index (χ1n) is 10.4. The molecular weight excluding hydrogens is 467 g/mol. The van der Waals surface area contributed by atoms with E-state index in [2.05, 4.69) is 25.6 Å². The Hall–Kier alpha value is -4.22. The summed E-state index contributed by atoms with van der Waals surface area (Å²) < 4.78 is 50.3. The number of hydrogen-bond donors (Lipinski definition) is 2. The lowest BCUT2D eigenvalue weighted by Gasteiger charge is -2.17. The SMILES string of the molecule is COc1ccc(Oc2ccc(CNC(=O)C3(NC(=O)c4cncnc4)CC3)nc2)c(C(F)(F)F)c1. The van der Waals surface area contributed by atoms with Gasteiger partial charge < -0.3 is 20.1 Å². The Labute approximate surface area is 197 Å². The van der Waals surface area contributed by atoms with Crippen LogP contribution in [0.2, 0.25) is 0 Å². The highest BCUT2D eigenvalue weighted by molar-refractivity contribution is 6.00. The summed E-state index contributed by atoms with van der Waals surface area (Å²) in [5.41, 5.74) is -1.28. The van der Waals surface area contributed by atoms with Crippen LogP contribution >= 0.6 is 0 Å². The van der Waals surface area contributed by atoms with Crippen molar-refractivity contribution in [2.45, 2.75) is 31.1 Å². The molecule has 1 aromatic carbocycles. The highest BCUT2D eigenvalue weighted by Crippen LogP contribution is 2.40. The number of halogens is 3. The monoisotopic (exact) mass is 487 g/mol. The highest BCUT2D eigenvalue weighted by Gasteiger charge is 2.51. The van der Waals surface area contributed by atoms with E-state index in [0.29, 0.717) is 18.5 Å². The minimum atomic E-state index is -4.64. The zero-order valence-electron chi connectivity index (χ0n) is 18.4. The van der Waals surface area contributed by atoms with Crippen LogP contribution < -0.4 is 20.1 Å². The lowest BCUT2D eigenvalue weighted by Crippen LogP contribution is -2.48. The molecule has 1 aliphatic carbocycles. The van der Waals surface area contributed by atoms with Crippen LogP contribution in [0.25, 0.3) is 0 Å². The Morgan fingerprint density at radius 2 is 1.77 bits per heavy atom. The van der Waals surface area contributed by atoms with Gasteiger partial charge in [-0.3, -0.25) is 14.6 Å². The van der Waals surface area contributed by atoms with Gasteiger partial charge in [0.25, 0.3) is 5.91 Å². The number of methoxy groups -OCH3 is 1. The molecule has 0 unspecified atom stereocenters. The molecule has 1 saturated carbocycles. The quantitative estimate of drug-likeness (QED) is 0.501. The van der Waals surface area contributed by atoms with Gasteiger partial charge in [0.05, 0.1) is 31.1 Å². The molecule has 35 heavy (non-hydrogen) atoms. The van der Waals surface area contributed by atoms with Crippen molar-refractivity contribution in [3.63, 3.8) is 0 Å². The molecule has 0 aliphatic heterocycles. The average molecular weight is 487 g/mol. The molecule has 2 aromatic heterocycles. The number of hydrogen-bond acceptors (Lipinski definition) is 7. The summed E-state index contributed by atoms with van der Waals surface area (Å²) in [5.74, 6) is -1.06. The van der Waals surface area contributed by atoms with Crippen molar-refractivity contribution in [2.75, 3.05) is 7.11 Å². The van der Waals surface area contributed by atoms with E-state index >= 15 is 0 Å². The Morgan fingerprint density at radius 1 is 1.06 bits per heavy atom. The Morgan fingerprint density at radius 3 is 2.37 bits per heavy atom. The number of pyridine rings is 1. The molecule has 0 saturated heterocycles. The van der Waals surface area contributed by atoms with Crippen LogP contribution in [0.15, 0.2) is 55.2 Å². The molecule has 9 nitrogen and oxygen atoms in total. The predicted molar refractivity (Wildman–Crippen MR) is 116 cm³/mol. The number of rotatable bonds is 8. The third-order valence-electron chi connectivity index (χ3n) is 5.31. The number of nitrogens with one attached hydrogen (secondary N) is 2. The van der Waals surface area contributed by atoms with Crippen LogP contribution in [0.3, 0.4) is 0 Å². The van der Waals surface area contributed by atoms with Gasteiger partial charge in [0.1, 0.15) is 34.7 Å². The van der Waals surface area contributed by atoms with Gasteiger partial charge in [-0.1, -0.05) is 0 Å². The summed E-state index contributed by atoms with van der Waals surface area (Å²) in [6.45, 7) is 0.0571. The number of carbonyl (C=O) groups is 2. The summed E-state index contributed by atoms with van der Waals surface area (Å²) in [7, 11) is 1.27. The molecule has 0 bridgehead atoms. The van der Waals surface area contributed by atoms with Gasteiger partial charge >= 0.3 is 6.18 Å². The summed E-state index contributed by atoms with van der Waals surface area (Å²) >= 11 is 0. The molecule has 2 N–H and O–H groups in total. The van der Waals surface area contributed by atoms with Crippen molar-refractivity contribution in [3.8, 4) is 17.2 Å². The number of carbonyl (C=O) groups excluding carboxylic acids is 2. The molecule has 12 heteroatoms. The summed E-state index contributed by atoms with van der Waals surface area (Å²) in [6.07, 6.45) is 1.61. The maximum absolute atomic E-state index is 13.4. The zero-order valence-corrected chi connectivity index (χ0v) is 18.4. The van der Waals surface area contributed by atoms with Gasteiger partial charge in [0, 0.05) is 12.4 Å². The summed E-state index contributed by atoms with van der Waals surface area (Å²) in [6, 6.07) is 6.35. The fraction of sp³-hybridized carbons (Fsp3) is 0.261. The van der Waals surface area contributed by atoms with Gasteiger partial charge in [-0.05, 0) is 43.2 Å². The van der Waals surface area contributed by atoms with Crippen LogP contribution in [-0.4, -0.2) is 39.4 Å². The van der Waals surface area contributed by atoms with Crippen LogP contribution in [0.5, 0.6) is 17.2 Å². The maximum atomic E-state index is 13.4. The third-order valence-corrected chi connectivity index (χ3v) is 5.31. The molecule has 3 aromatic rings. The van der Waals surface area contributed by atoms with Gasteiger partial charge in [-0.2, -0.15) is 13.2 Å². The Balaban J connectivity index is 1.36. The largest absolute Gasteiger partial charge is 0.497 e. The molecule has 0 spiro atoms. The van der Waals surface area contributed by atoms with Crippen molar-refractivity contribution < 1.29 is 32.2 Å². The second-order valence-corrected chi connectivity index (χ2v) is 7.79. The Bertz CT molecular complexity index is 1220. The van der Waals surface area contributed by atoms with E-state index in [-0.39, 0.29) is 29.5 Å². The summed E-state index contributed by atoms with van der Waals surface area (Å²) in [4.78, 5) is 36.6. The van der Waals surface area contributed by atoms with Gasteiger partial charge in [-0.15, -0.1) is 0 Å². The van der Waals surface area contributed by atoms with Crippen molar-refractivity contribution in [2.24, 2.45) is 0 Å². The van der Waals surface area contributed by atoms with Crippen molar-refractivity contribution >= 4 is 11.8 Å². The molecule has 2 heterocycles. The maximum Gasteiger partial charge on any atom is 0.420 e. The van der Waals surface area contributed by atoms with Gasteiger partial charge in [0.2, 0.25) is 5.91 Å². The van der Waals surface area contributed by atoms with E-state index in [9.17, 15) is 22.8 Å². The zero-order chi connectivity index (χ0) is 25.1. The van der Waals surface area contributed by atoms with Crippen LogP contribution in [-0.2, 0) is 17.5 Å². The van der Waals surface area contributed by atoms with Crippen molar-refractivity contribution in [1.29, 1.82) is 0 Å². The number of nitrogens with zero attached hydrogens (tertiary/aromatic N) is 3. The lowest BCUT2D eigenvalue weighted by atomic mass is 10.2. The molecule has 4 rings (SSSR count). The number of ether oxygens (including phenoxy) is 2. The average Bonchev–Trinajstić information content (AvgIpc) is 3.64. The number of benzene rings is 1. The van der Waals surface area contributed by atoms with E-state index in [4.69, 9.17) is 9.47 Å². The number of alkyl halides is 3. The minimum absolute atomic E-state index is 0.0515. The molecule has 182 valence electrons. The predicted octanol–water partition coefficient (Wildman–Crippen LogP) is 3.27. The van der Waals surface area contributed by atoms with Gasteiger partial charge in [0.15, 0.2) is 0 Å². The van der Waals surface area contributed by atoms with Crippen molar-refractivity contribution in [1.82, 2.24) is 25.6 Å². The Kier molecular flexibility index (Phi) is 6.54. The van der Waals surface area contributed by atoms with E-state index < -0.39 is 28.9 Å². The highest BCUT2D eigenvalue weighted by atomic mass is 19.4. The first-order valence-corrected chi connectivity index (χ1v) is 10.4. The smallest absolute Gasteiger partial charge is 0.420 e. The van der Waals surface area contributed by atoms with Crippen LogP contribution in [0.4, 0.5) is 13.2 Å². The molecule has 0 radical (unpaired) electrons. The molecule has 0 atom stereocenters. The molecule has 1 fully saturated rings. The van der Waals surface area contributed by atoms with Gasteiger partial charge in [-0.25, -0.2) is 9.97 Å². The summed E-state index contributed by atoms with van der Waals surface area (Å²) in [5, 5.41) is 5.43. The molecule has 2 amide bonds. The van der Waals surface area contributed by atoms with Crippen LogP contribution in [0, 0.1) is 0 Å². The standard InChI is InChI=1S/C23H20F3N5O4/c1-34-16-4-5-19(18(8-16)23(24,25)26)35-17-3-2-15(29-12-17)11-30-21(33)22(6-7-22)31-20(32)14-9-27-13-28-10-14/h2-5,8-10,12-13H,6-7,11H2,1H3,(H,30,33)(H,31,32). The number of amides is 2. The topological polar surface area (TPSA) is 115 Å². The van der Waals surface area contributed by atoms with Crippen molar-refractivity contribution in [3.05, 3.63) is 72.1 Å². The molecule has 1 aliphatic rings. The van der Waals surface area contributed by atoms with E-state index in [1.54, 1.807) is 0 Å². The van der Waals surface area contributed by atoms with Crippen LogP contribution in [0.1, 0.15) is 34.5 Å². The normalized spacial score (nSPS) is 14.1. The lowest BCUT2D eigenvalue weighted by molar-refractivity contribution is -0.138. The fourth-order valence-corrected chi connectivity index (χ4v) is 3.23. The van der Waals surface area contributed by atoms with E-state index in [0.717, 1.165) is 6.07 Å². The second kappa shape index (κ2) is 9.57. The van der Waals surface area contributed by atoms with E-state index in [1.807, 2.05) is 0 Å².